The zero-order chi connectivity index (χ0) is 16.3. The minimum absolute atomic E-state index is 0.0997. The Morgan fingerprint density at radius 3 is 2.35 bits per heavy atom. The highest BCUT2D eigenvalue weighted by Crippen LogP contribution is 2.26. The first-order valence-electron chi connectivity index (χ1n) is 8.56. The zero-order valence-electron chi connectivity index (χ0n) is 13.7. The van der Waals surface area contributed by atoms with Crippen LogP contribution in [0.25, 0.3) is 0 Å². The summed E-state index contributed by atoms with van der Waals surface area (Å²) in [6.07, 6.45) is 4.65. The molecule has 0 radical (unpaired) electrons. The molecule has 1 atom stereocenters. The second-order valence-corrected chi connectivity index (χ2v) is 8.37. The molecule has 2 aliphatic rings. The molecule has 2 heterocycles. The molecule has 1 aromatic carbocycles. The molecule has 0 amide bonds. The van der Waals surface area contributed by atoms with Crippen LogP contribution in [0.15, 0.2) is 30.3 Å². The van der Waals surface area contributed by atoms with Crippen molar-refractivity contribution in [1.82, 2.24) is 8.61 Å². The Morgan fingerprint density at radius 1 is 1.00 bits per heavy atom. The van der Waals surface area contributed by atoms with Gasteiger partial charge in [-0.05, 0) is 44.7 Å². The normalized spacial score (nSPS) is 25.3. The van der Waals surface area contributed by atoms with Crippen molar-refractivity contribution in [2.75, 3.05) is 19.6 Å². The molecular formula is C17H26N2O3S. The molecule has 2 aliphatic heterocycles. The Labute approximate surface area is 139 Å². The molecule has 5 nitrogen and oxygen atoms in total. The minimum atomic E-state index is -3.32. The Morgan fingerprint density at radius 2 is 1.70 bits per heavy atom. The first-order chi connectivity index (χ1) is 11.1. The molecule has 3 rings (SSSR count). The van der Waals surface area contributed by atoms with E-state index in [9.17, 15) is 8.42 Å². The van der Waals surface area contributed by atoms with Crippen molar-refractivity contribution in [3.05, 3.63) is 30.3 Å². The fourth-order valence-electron chi connectivity index (χ4n) is 3.44. The molecule has 0 spiro atoms. The molecule has 0 N–H and O–H groups in total. The quantitative estimate of drug-likeness (QED) is 0.848. The molecule has 23 heavy (non-hydrogen) atoms. The SMILES string of the molecule is C[C@@H]1CCCCN1S(=O)(=O)N1CCC(Oc2ccccc2)CC1. The van der Waals surface area contributed by atoms with E-state index in [2.05, 4.69) is 0 Å². The van der Waals surface area contributed by atoms with Crippen LogP contribution in [0.1, 0.15) is 39.0 Å². The molecule has 0 saturated carbocycles. The van der Waals surface area contributed by atoms with Crippen molar-refractivity contribution in [1.29, 1.82) is 0 Å². The standard InChI is InChI=1S/C17H26N2O3S/c1-15-7-5-6-12-19(15)23(20,21)18-13-10-17(11-14-18)22-16-8-3-2-4-9-16/h2-4,8-9,15,17H,5-7,10-14H2,1H3/t15-/m1/s1. The lowest BCUT2D eigenvalue weighted by Crippen LogP contribution is -2.52. The summed E-state index contributed by atoms with van der Waals surface area (Å²) in [5, 5.41) is 0. The highest BCUT2D eigenvalue weighted by molar-refractivity contribution is 7.86. The number of piperidine rings is 2. The van der Waals surface area contributed by atoms with Crippen molar-refractivity contribution in [2.24, 2.45) is 0 Å². The maximum atomic E-state index is 12.8. The number of hydrogen-bond acceptors (Lipinski definition) is 3. The van der Waals surface area contributed by atoms with Crippen LogP contribution < -0.4 is 4.74 Å². The van der Waals surface area contributed by atoms with E-state index < -0.39 is 10.2 Å². The molecule has 2 fully saturated rings. The maximum Gasteiger partial charge on any atom is 0.282 e. The largest absolute Gasteiger partial charge is 0.490 e. The average molecular weight is 338 g/mol. The third-order valence-corrected chi connectivity index (χ3v) is 6.96. The van der Waals surface area contributed by atoms with E-state index in [-0.39, 0.29) is 12.1 Å². The summed E-state index contributed by atoms with van der Waals surface area (Å²) in [4.78, 5) is 0. The first-order valence-corrected chi connectivity index (χ1v) is 9.95. The van der Waals surface area contributed by atoms with Gasteiger partial charge in [0.15, 0.2) is 0 Å². The van der Waals surface area contributed by atoms with Crippen LogP contribution in [0, 0.1) is 0 Å². The Balaban J connectivity index is 1.57. The minimum Gasteiger partial charge on any atom is -0.490 e. The molecule has 0 bridgehead atoms. The van der Waals surface area contributed by atoms with E-state index in [1.807, 2.05) is 37.3 Å². The molecule has 6 heteroatoms. The maximum absolute atomic E-state index is 12.8. The molecule has 1 aromatic rings. The number of hydrogen-bond donors (Lipinski definition) is 0. The lowest BCUT2D eigenvalue weighted by atomic mass is 10.1. The average Bonchev–Trinajstić information content (AvgIpc) is 2.56. The highest BCUT2D eigenvalue weighted by Gasteiger charge is 2.36. The second kappa shape index (κ2) is 7.20. The Bertz CT molecular complexity index is 598. The van der Waals surface area contributed by atoms with Crippen molar-refractivity contribution in [3.63, 3.8) is 0 Å². The summed E-state index contributed by atoms with van der Waals surface area (Å²) in [5.41, 5.74) is 0. The van der Waals surface area contributed by atoms with Gasteiger partial charge in [0, 0.05) is 25.7 Å². The lowest BCUT2D eigenvalue weighted by Gasteiger charge is -2.39. The summed E-state index contributed by atoms with van der Waals surface area (Å²) < 4.78 is 34.9. The predicted octanol–water partition coefficient (Wildman–Crippen LogP) is 2.65. The van der Waals surface area contributed by atoms with E-state index in [1.54, 1.807) is 8.61 Å². The number of benzene rings is 1. The van der Waals surface area contributed by atoms with E-state index in [4.69, 9.17) is 4.74 Å². The van der Waals surface area contributed by atoms with Crippen molar-refractivity contribution >= 4 is 10.2 Å². The predicted molar refractivity (Wildman–Crippen MR) is 90.6 cm³/mol. The van der Waals surface area contributed by atoms with E-state index in [0.29, 0.717) is 19.6 Å². The van der Waals surface area contributed by atoms with Gasteiger partial charge in [-0.1, -0.05) is 24.6 Å². The van der Waals surface area contributed by atoms with Gasteiger partial charge in [0.1, 0.15) is 11.9 Å². The van der Waals surface area contributed by atoms with Crippen molar-refractivity contribution in [2.45, 2.75) is 51.2 Å². The zero-order valence-corrected chi connectivity index (χ0v) is 14.5. The van der Waals surface area contributed by atoms with Gasteiger partial charge in [0.2, 0.25) is 0 Å². The first kappa shape index (κ1) is 16.7. The number of para-hydroxylation sites is 1. The van der Waals surface area contributed by atoms with Gasteiger partial charge in [-0.15, -0.1) is 0 Å². The second-order valence-electron chi connectivity index (χ2n) is 6.49. The van der Waals surface area contributed by atoms with Crippen LogP contribution in [0.3, 0.4) is 0 Å². The van der Waals surface area contributed by atoms with Gasteiger partial charge < -0.3 is 4.74 Å². The van der Waals surface area contributed by atoms with Crippen LogP contribution in [0.5, 0.6) is 5.75 Å². The van der Waals surface area contributed by atoms with Gasteiger partial charge in [-0.3, -0.25) is 0 Å². The molecule has 0 aromatic heterocycles. The van der Waals surface area contributed by atoms with Gasteiger partial charge in [-0.25, -0.2) is 0 Å². The van der Waals surface area contributed by atoms with Crippen LogP contribution in [-0.4, -0.2) is 48.8 Å². The van der Waals surface area contributed by atoms with Crippen molar-refractivity contribution in [3.8, 4) is 5.75 Å². The highest BCUT2D eigenvalue weighted by atomic mass is 32.2. The van der Waals surface area contributed by atoms with Gasteiger partial charge in [-0.2, -0.15) is 17.0 Å². The third kappa shape index (κ3) is 3.87. The summed E-state index contributed by atoms with van der Waals surface area (Å²) >= 11 is 0. The number of rotatable bonds is 4. The van der Waals surface area contributed by atoms with E-state index in [1.165, 1.54) is 0 Å². The van der Waals surface area contributed by atoms with Gasteiger partial charge in [0.25, 0.3) is 10.2 Å². The molecule has 2 saturated heterocycles. The lowest BCUT2D eigenvalue weighted by molar-refractivity contribution is 0.129. The number of nitrogens with zero attached hydrogens (tertiary/aromatic N) is 2. The molecular weight excluding hydrogens is 312 g/mol. The summed E-state index contributed by atoms with van der Waals surface area (Å²) in [6.45, 7) is 3.76. The molecule has 0 unspecified atom stereocenters. The van der Waals surface area contributed by atoms with Crippen LogP contribution in [-0.2, 0) is 10.2 Å². The number of ether oxygens (including phenoxy) is 1. The van der Waals surface area contributed by atoms with Crippen LogP contribution in [0.2, 0.25) is 0 Å². The van der Waals surface area contributed by atoms with Crippen LogP contribution >= 0.6 is 0 Å². The van der Waals surface area contributed by atoms with E-state index >= 15 is 0 Å². The summed E-state index contributed by atoms with van der Waals surface area (Å²) in [5.74, 6) is 0.860. The summed E-state index contributed by atoms with van der Waals surface area (Å²) in [7, 11) is -3.32. The van der Waals surface area contributed by atoms with Gasteiger partial charge in [0.05, 0.1) is 0 Å². The Kier molecular flexibility index (Phi) is 5.24. The smallest absolute Gasteiger partial charge is 0.282 e. The fraction of sp³-hybridized carbons (Fsp3) is 0.647. The monoisotopic (exact) mass is 338 g/mol. The fourth-order valence-corrected chi connectivity index (χ4v) is 5.32. The topological polar surface area (TPSA) is 49.9 Å². The summed E-state index contributed by atoms with van der Waals surface area (Å²) in [6, 6.07) is 9.87. The molecule has 0 aliphatic carbocycles. The van der Waals surface area contributed by atoms with Gasteiger partial charge >= 0.3 is 0 Å². The van der Waals surface area contributed by atoms with Crippen molar-refractivity contribution < 1.29 is 13.2 Å². The molecule has 128 valence electrons. The van der Waals surface area contributed by atoms with E-state index in [0.717, 1.165) is 37.9 Å². The Hall–Kier alpha value is -1.11. The third-order valence-electron chi connectivity index (χ3n) is 4.81. The van der Waals surface area contributed by atoms with Crippen LogP contribution in [0.4, 0.5) is 0 Å².